The van der Waals surface area contributed by atoms with Gasteiger partial charge in [0, 0.05) is 0 Å². The maximum atomic E-state index is 11.8. The van der Waals surface area contributed by atoms with Crippen LogP contribution in [0.4, 0.5) is 5.82 Å². The summed E-state index contributed by atoms with van der Waals surface area (Å²) in [6.07, 6.45) is 0.370. The molecule has 2 heterocycles. The molecular weight excluding hydrogens is 264 g/mol. The summed E-state index contributed by atoms with van der Waals surface area (Å²) in [7, 11) is -3.05. The SMILES string of the molecule is O=C(Nc1cccc(Cl)n1)C1CCS(=O)(=O)C1. The standard InChI is InChI=1S/C10H11ClN2O3S/c11-8-2-1-3-9(12-8)13-10(14)7-4-5-17(15,16)6-7/h1-3,7H,4-6H2,(H,12,13,14). The minimum absolute atomic E-state index is 0.0774. The number of aromatic nitrogens is 1. The minimum Gasteiger partial charge on any atom is -0.310 e. The molecule has 1 aliphatic rings. The van der Waals surface area contributed by atoms with Crippen molar-refractivity contribution in [2.45, 2.75) is 6.42 Å². The molecule has 2 rings (SSSR count). The lowest BCUT2D eigenvalue weighted by Gasteiger charge is -2.08. The third kappa shape index (κ3) is 3.17. The Bertz CT molecular complexity index is 544. The maximum Gasteiger partial charge on any atom is 0.229 e. The van der Waals surface area contributed by atoms with Crippen LogP contribution in [-0.2, 0) is 14.6 Å². The topological polar surface area (TPSA) is 76.1 Å². The van der Waals surface area contributed by atoms with Crippen LogP contribution in [0.15, 0.2) is 18.2 Å². The summed E-state index contributed by atoms with van der Waals surface area (Å²) in [5.41, 5.74) is 0. The van der Waals surface area contributed by atoms with Gasteiger partial charge < -0.3 is 5.32 Å². The van der Waals surface area contributed by atoms with Crippen molar-refractivity contribution in [2.75, 3.05) is 16.8 Å². The summed E-state index contributed by atoms with van der Waals surface area (Å²) < 4.78 is 22.5. The maximum absolute atomic E-state index is 11.8. The largest absolute Gasteiger partial charge is 0.310 e. The molecule has 0 saturated carbocycles. The molecule has 0 aromatic carbocycles. The van der Waals surface area contributed by atoms with E-state index in [1.54, 1.807) is 18.2 Å². The molecule has 1 atom stereocenters. The van der Waals surface area contributed by atoms with Gasteiger partial charge in [-0.3, -0.25) is 4.79 Å². The molecule has 1 saturated heterocycles. The molecule has 0 radical (unpaired) electrons. The number of amides is 1. The van der Waals surface area contributed by atoms with E-state index in [1.165, 1.54) is 0 Å². The van der Waals surface area contributed by atoms with Crippen LogP contribution in [0.2, 0.25) is 5.15 Å². The number of hydrogen-bond donors (Lipinski definition) is 1. The van der Waals surface area contributed by atoms with E-state index in [4.69, 9.17) is 11.6 Å². The summed E-state index contributed by atoms with van der Waals surface area (Å²) in [6, 6.07) is 4.86. The number of carbonyl (C=O) groups excluding carboxylic acids is 1. The van der Waals surface area contributed by atoms with E-state index in [1.807, 2.05) is 0 Å². The zero-order chi connectivity index (χ0) is 12.5. The van der Waals surface area contributed by atoms with Crippen LogP contribution in [0.25, 0.3) is 0 Å². The lowest BCUT2D eigenvalue weighted by Crippen LogP contribution is -2.24. The second kappa shape index (κ2) is 4.62. The molecule has 7 heteroatoms. The van der Waals surface area contributed by atoms with Crippen molar-refractivity contribution in [3.8, 4) is 0 Å². The molecule has 1 fully saturated rings. The summed E-state index contributed by atoms with van der Waals surface area (Å²) in [5, 5.41) is 2.84. The lowest BCUT2D eigenvalue weighted by atomic mass is 10.1. The van der Waals surface area contributed by atoms with E-state index in [0.29, 0.717) is 12.2 Å². The molecule has 1 amide bonds. The minimum atomic E-state index is -3.05. The number of anilines is 1. The van der Waals surface area contributed by atoms with Crippen LogP contribution in [0, 0.1) is 5.92 Å². The van der Waals surface area contributed by atoms with Gasteiger partial charge in [-0.25, -0.2) is 13.4 Å². The number of hydrogen-bond acceptors (Lipinski definition) is 4. The normalized spacial score (nSPS) is 22.3. The fraction of sp³-hybridized carbons (Fsp3) is 0.400. The first-order valence-electron chi connectivity index (χ1n) is 5.10. The molecule has 5 nitrogen and oxygen atoms in total. The van der Waals surface area contributed by atoms with Crippen molar-refractivity contribution < 1.29 is 13.2 Å². The third-order valence-corrected chi connectivity index (χ3v) is 4.55. The summed E-state index contributed by atoms with van der Waals surface area (Å²) >= 11 is 5.67. The van der Waals surface area contributed by atoms with Crippen LogP contribution in [-0.4, -0.2) is 30.8 Å². The number of sulfone groups is 1. The fourth-order valence-electron chi connectivity index (χ4n) is 1.71. The molecule has 0 aliphatic carbocycles. The van der Waals surface area contributed by atoms with Crippen LogP contribution in [0.5, 0.6) is 0 Å². The van der Waals surface area contributed by atoms with E-state index in [0.717, 1.165) is 0 Å². The first-order valence-corrected chi connectivity index (χ1v) is 7.30. The second-order valence-corrected chi connectivity index (χ2v) is 6.55. The average Bonchev–Trinajstić information content (AvgIpc) is 2.59. The number of carbonyl (C=O) groups is 1. The zero-order valence-electron chi connectivity index (χ0n) is 8.89. The molecule has 1 N–H and O–H groups in total. The van der Waals surface area contributed by atoms with Crippen LogP contribution >= 0.6 is 11.6 Å². The smallest absolute Gasteiger partial charge is 0.229 e. The molecule has 1 aromatic rings. The van der Waals surface area contributed by atoms with Gasteiger partial charge in [-0.1, -0.05) is 17.7 Å². The highest BCUT2D eigenvalue weighted by atomic mass is 35.5. The third-order valence-electron chi connectivity index (χ3n) is 2.57. The van der Waals surface area contributed by atoms with Crippen LogP contribution in [0.3, 0.4) is 0 Å². The average molecular weight is 275 g/mol. The zero-order valence-corrected chi connectivity index (χ0v) is 10.5. The highest BCUT2D eigenvalue weighted by Gasteiger charge is 2.33. The Kier molecular flexibility index (Phi) is 3.35. The van der Waals surface area contributed by atoms with Crippen molar-refractivity contribution in [3.63, 3.8) is 0 Å². The highest BCUT2D eigenvalue weighted by molar-refractivity contribution is 7.91. The Morgan fingerprint density at radius 2 is 2.24 bits per heavy atom. The monoisotopic (exact) mass is 274 g/mol. The van der Waals surface area contributed by atoms with Crippen LogP contribution in [0.1, 0.15) is 6.42 Å². The molecule has 92 valence electrons. The molecule has 17 heavy (non-hydrogen) atoms. The van der Waals surface area contributed by atoms with Crippen molar-refractivity contribution in [3.05, 3.63) is 23.4 Å². The number of halogens is 1. The van der Waals surface area contributed by atoms with Crippen molar-refractivity contribution in [2.24, 2.45) is 5.92 Å². The second-order valence-electron chi connectivity index (χ2n) is 3.93. The molecular formula is C10H11ClN2O3S. The van der Waals surface area contributed by atoms with E-state index < -0.39 is 15.8 Å². The van der Waals surface area contributed by atoms with Gasteiger partial charge in [-0.15, -0.1) is 0 Å². The lowest BCUT2D eigenvalue weighted by molar-refractivity contribution is -0.119. The molecule has 1 unspecified atom stereocenters. The molecule has 1 aromatic heterocycles. The summed E-state index contributed by atoms with van der Waals surface area (Å²) in [6.45, 7) is 0. The van der Waals surface area contributed by atoms with Gasteiger partial charge in [0.15, 0.2) is 9.84 Å². The number of pyridine rings is 1. The predicted octanol–water partition coefficient (Wildman–Crippen LogP) is 1.11. The highest BCUT2D eigenvalue weighted by Crippen LogP contribution is 2.20. The first kappa shape index (κ1) is 12.3. The van der Waals surface area contributed by atoms with Gasteiger partial charge in [0.25, 0.3) is 0 Å². The van der Waals surface area contributed by atoms with Crippen molar-refractivity contribution in [1.29, 1.82) is 0 Å². The van der Waals surface area contributed by atoms with E-state index in [2.05, 4.69) is 10.3 Å². The Morgan fingerprint density at radius 3 is 2.82 bits per heavy atom. The molecule has 0 bridgehead atoms. The Labute approximate surface area is 104 Å². The Balaban J connectivity index is 2.03. The molecule has 1 aliphatic heterocycles. The van der Waals surface area contributed by atoms with Crippen molar-refractivity contribution >= 4 is 33.2 Å². The Morgan fingerprint density at radius 1 is 1.47 bits per heavy atom. The van der Waals surface area contributed by atoms with E-state index >= 15 is 0 Å². The van der Waals surface area contributed by atoms with Crippen molar-refractivity contribution in [1.82, 2.24) is 4.98 Å². The first-order chi connectivity index (χ1) is 7.96. The van der Waals surface area contributed by atoms with Gasteiger partial charge in [0.2, 0.25) is 5.91 Å². The van der Waals surface area contributed by atoms with Gasteiger partial charge >= 0.3 is 0 Å². The van der Waals surface area contributed by atoms with Gasteiger partial charge in [-0.05, 0) is 18.6 Å². The summed E-state index contributed by atoms with van der Waals surface area (Å²) in [4.78, 5) is 15.7. The van der Waals surface area contributed by atoms with Gasteiger partial charge in [0.1, 0.15) is 11.0 Å². The number of nitrogens with zero attached hydrogens (tertiary/aromatic N) is 1. The van der Waals surface area contributed by atoms with E-state index in [-0.39, 0.29) is 22.6 Å². The van der Waals surface area contributed by atoms with Gasteiger partial charge in [-0.2, -0.15) is 0 Å². The summed E-state index contributed by atoms with van der Waals surface area (Å²) in [5.74, 6) is -0.471. The fourth-order valence-corrected chi connectivity index (χ4v) is 3.61. The number of rotatable bonds is 2. The number of nitrogens with one attached hydrogen (secondary N) is 1. The van der Waals surface area contributed by atoms with Gasteiger partial charge in [0.05, 0.1) is 17.4 Å². The predicted molar refractivity (Wildman–Crippen MR) is 64.6 cm³/mol. The molecule has 0 spiro atoms. The Hall–Kier alpha value is -1.14. The quantitative estimate of drug-likeness (QED) is 0.820. The van der Waals surface area contributed by atoms with E-state index in [9.17, 15) is 13.2 Å². The van der Waals surface area contributed by atoms with Crippen LogP contribution < -0.4 is 5.32 Å².